The molecule has 0 radical (unpaired) electrons. The molecule has 18 amide bonds. The van der Waals surface area contributed by atoms with Crippen LogP contribution < -0.4 is 114 Å². The molecule has 0 spiro atoms. The van der Waals surface area contributed by atoms with Gasteiger partial charge < -0.3 is 144 Å². The maximum atomic E-state index is 14.5. The number of carboxylic acids is 6. The zero-order valence-electron chi connectivity index (χ0n) is 82.8. The topological polar surface area (TPSA) is 896 Å². The molecule has 1 aromatic heterocycles. The summed E-state index contributed by atoms with van der Waals surface area (Å²) in [5.41, 5.74) is 36.3. The predicted octanol–water partition coefficient (Wildman–Crippen LogP) is -5.11. The molecular formula is C96H131N23O31. The molecule has 0 saturated heterocycles. The van der Waals surface area contributed by atoms with Crippen LogP contribution in [0.25, 0.3) is 0 Å². The highest BCUT2D eigenvalue weighted by Crippen LogP contribution is 2.20. The van der Waals surface area contributed by atoms with E-state index < -0.39 is 304 Å². The third-order valence-corrected chi connectivity index (χ3v) is 22.5. The van der Waals surface area contributed by atoms with E-state index in [4.69, 9.17) is 49.4 Å². The number of ether oxygens (including phenoxy) is 1. The highest BCUT2D eigenvalue weighted by atomic mass is 16.5. The predicted molar refractivity (Wildman–Crippen MR) is 525 cm³/mol. The molecule has 0 aliphatic heterocycles. The molecule has 0 unspecified atom stereocenters. The standard InChI is InChI=1S/C96H131N23O31/c1-50(2)38-65(111-91(144)67(41-52-16-7-5-8-17-52)113-87(140)63(30-34-77(126)127)107-93(146)69(43-73(99)120)115-95(148)71(45-79(130)131)109-85(138)59(97)28-32-75(122)123)89(142)105-61(81(101)134)22-11-13-36-103-83(136)55-24-26-58(27-25-55)150-49-57-48-119(118-117-57)47-54-20-15-21-56(40-54)84(137)104-37-14-12-23-62(82(102)135)106-90(143)66(39-51(3)4)112-92(145)68(42-53-18-9-6-10-19-53)114-88(141)64(31-35-78(128)129)108-94(147)70(44-74(100)121)116-96(149)72(46-80(132)133)110-86(139)60(98)29-33-76(124)125/h5-10,15-21,24-27,40,48,50-51,59-72H,11-14,22-23,28-39,41-47,49,97-98H2,1-4H3,(H2,99,120)(H2,100,121)(H2,101,134)(H2,102,135)(H,103,136)(H,104,137)(H,105,142)(H,106,143)(H,107,146)(H,108,147)(H,109,138)(H,110,139)(H,111,144)(H,112,145)(H,113,140)(H,114,141)(H,115,148)(H,116,149)(H,122,123)(H,124,125)(H,126,127)(H,128,129)(H,130,131)(H,132,133)/t59-,60-,61-,62-,63-,64-,65-,66-,67-,68-,69-,70-,71-,72-/m0/s1. The van der Waals surface area contributed by atoms with Gasteiger partial charge in [-0.3, -0.25) is 115 Å². The van der Waals surface area contributed by atoms with Crippen molar-refractivity contribution in [2.75, 3.05) is 13.1 Å². The lowest BCUT2D eigenvalue weighted by molar-refractivity contribution is -0.142. The first-order chi connectivity index (χ1) is 70.8. The van der Waals surface area contributed by atoms with Crippen molar-refractivity contribution in [3.63, 3.8) is 0 Å². The van der Waals surface area contributed by atoms with Gasteiger partial charge in [-0.05, 0) is 142 Å². The minimum Gasteiger partial charge on any atom is -0.487 e. The molecule has 5 aromatic rings. The number of carbonyl (C=O) groups is 24. The first-order valence-corrected chi connectivity index (χ1v) is 47.8. The van der Waals surface area contributed by atoms with Crippen LogP contribution in [-0.4, -0.2) is 285 Å². The fraction of sp³-hybridized carbons (Fsp3) is 0.479. The third-order valence-electron chi connectivity index (χ3n) is 22.5. The number of aliphatic carboxylic acids is 6. The molecule has 1 heterocycles. The smallest absolute Gasteiger partial charge is 0.305 e. The largest absolute Gasteiger partial charge is 0.487 e. The van der Waals surface area contributed by atoms with Crippen LogP contribution in [0, 0.1) is 11.8 Å². The van der Waals surface area contributed by atoms with Crippen molar-refractivity contribution >= 4 is 142 Å². The number of amides is 18. The van der Waals surface area contributed by atoms with Gasteiger partial charge in [0.1, 0.15) is 90.6 Å². The van der Waals surface area contributed by atoms with Crippen LogP contribution in [0.3, 0.4) is 0 Å². The fourth-order valence-electron chi connectivity index (χ4n) is 14.8. The second-order valence-corrected chi connectivity index (χ2v) is 36.1. The van der Waals surface area contributed by atoms with Crippen LogP contribution in [0.5, 0.6) is 5.75 Å². The van der Waals surface area contributed by atoms with Gasteiger partial charge in [0.2, 0.25) is 94.5 Å². The highest BCUT2D eigenvalue weighted by Gasteiger charge is 2.40. The Hall–Kier alpha value is -17.0. The summed E-state index contributed by atoms with van der Waals surface area (Å²) in [5.74, 6) is -28.2. The summed E-state index contributed by atoms with van der Waals surface area (Å²) in [6.07, 6.45) is -7.31. The summed E-state index contributed by atoms with van der Waals surface area (Å²) < 4.78 is 7.44. The average Bonchev–Trinajstić information content (AvgIpc) is 1.14. The summed E-state index contributed by atoms with van der Waals surface area (Å²) in [6, 6.07) is 5.48. The van der Waals surface area contributed by atoms with Crippen LogP contribution in [0.2, 0.25) is 0 Å². The molecule has 4 aromatic carbocycles. The van der Waals surface area contributed by atoms with Gasteiger partial charge in [0.05, 0.1) is 50.5 Å². The number of hydrogen-bond donors (Lipinski definition) is 26. The van der Waals surface area contributed by atoms with E-state index in [0.717, 1.165) is 0 Å². The first kappa shape index (κ1) is 123. The third kappa shape index (κ3) is 47.0. The van der Waals surface area contributed by atoms with E-state index in [1.54, 1.807) is 131 Å². The lowest BCUT2D eigenvalue weighted by atomic mass is 10.00. The Morgan fingerprint density at radius 3 is 1.01 bits per heavy atom. The van der Waals surface area contributed by atoms with E-state index in [9.17, 15) is 135 Å². The van der Waals surface area contributed by atoms with Gasteiger partial charge in [0, 0.05) is 62.7 Å². The Kier molecular flexibility index (Phi) is 52.2. The lowest BCUT2D eigenvalue weighted by Gasteiger charge is -2.28. The zero-order chi connectivity index (χ0) is 112. The fourth-order valence-corrected chi connectivity index (χ4v) is 14.8. The maximum Gasteiger partial charge on any atom is 0.305 e. The first-order valence-electron chi connectivity index (χ1n) is 47.8. The molecule has 0 aliphatic rings. The van der Waals surface area contributed by atoms with E-state index >= 15 is 0 Å². The quantitative estimate of drug-likeness (QED) is 0.0162. The summed E-state index contributed by atoms with van der Waals surface area (Å²) in [5, 5.41) is 98.5. The van der Waals surface area contributed by atoms with Crippen LogP contribution in [0.4, 0.5) is 0 Å². The number of nitrogens with zero attached hydrogens (tertiary/aromatic N) is 3. The Bertz CT molecular complexity index is 5560. The molecule has 0 fully saturated rings. The van der Waals surface area contributed by atoms with Gasteiger partial charge in [0.15, 0.2) is 0 Å². The second kappa shape index (κ2) is 63.4. The van der Waals surface area contributed by atoms with E-state index in [-0.39, 0.29) is 113 Å². The number of primary amides is 4. The van der Waals surface area contributed by atoms with Gasteiger partial charge in [-0.15, -0.1) is 5.10 Å². The highest BCUT2D eigenvalue weighted by molar-refractivity contribution is 6.03. The molecule has 54 heteroatoms. The van der Waals surface area contributed by atoms with Crippen LogP contribution in [0.1, 0.15) is 199 Å². The molecule has 816 valence electrons. The van der Waals surface area contributed by atoms with Gasteiger partial charge in [0.25, 0.3) is 11.8 Å². The second-order valence-electron chi connectivity index (χ2n) is 36.1. The van der Waals surface area contributed by atoms with E-state index in [2.05, 4.69) is 84.7 Å². The molecule has 0 aliphatic carbocycles. The van der Waals surface area contributed by atoms with Gasteiger partial charge in [-0.2, -0.15) is 0 Å². The summed E-state index contributed by atoms with van der Waals surface area (Å²) in [7, 11) is 0. The monoisotopic (exact) mass is 2100 g/mol. The molecule has 32 N–H and O–H groups in total. The SMILES string of the molecule is CC(C)C[C@H](NC(=O)[C@H](Cc1ccccc1)NC(=O)[C@H](CCC(=O)O)NC(=O)[C@H](CC(N)=O)NC(=O)[C@H](CC(=O)O)NC(=O)[C@@H](N)CCC(=O)O)C(=O)N[C@@H](CCCCNC(=O)c1ccc(OCc2cn(Cc3cccc(C(=O)NCCCC[C@H](NC(=O)[C@H](CC(C)C)NC(=O)[C@H](Cc4ccccc4)NC(=O)[C@H](CCC(=O)O)NC(=O)[C@H](CC(N)=O)NC(=O)[C@H](CC(=O)O)NC(=O)[C@@H](N)CCC(=O)O)C(N)=O)c3)nn2)cc1)C(N)=O. The number of carbonyl (C=O) groups excluding carboxylic acids is 18. The number of nitrogens with two attached hydrogens (primary N) is 6. The molecule has 5 rings (SSSR count). The lowest BCUT2D eigenvalue weighted by Crippen LogP contribution is -2.60. The molecule has 54 nitrogen and oxygen atoms in total. The van der Waals surface area contributed by atoms with Crippen molar-refractivity contribution in [2.24, 2.45) is 46.2 Å². The zero-order valence-corrected chi connectivity index (χ0v) is 82.8. The summed E-state index contributed by atoms with van der Waals surface area (Å²) in [4.78, 5) is 313. The molecule has 14 atom stereocenters. The van der Waals surface area contributed by atoms with Gasteiger partial charge >= 0.3 is 35.8 Å². The van der Waals surface area contributed by atoms with E-state index in [1.165, 1.54) is 16.8 Å². The Balaban J connectivity index is 1.12. The number of nitrogens with one attached hydrogen (secondary N) is 14. The van der Waals surface area contributed by atoms with Crippen molar-refractivity contribution < 1.29 is 150 Å². The minimum atomic E-state index is -2.02. The number of benzene rings is 4. The van der Waals surface area contributed by atoms with Crippen LogP contribution in [0.15, 0.2) is 115 Å². The number of rotatable bonds is 71. The van der Waals surface area contributed by atoms with Crippen LogP contribution >= 0.6 is 0 Å². The Labute approximate surface area is 858 Å². The summed E-state index contributed by atoms with van der Waals surface area (Å²) in [6.45, 7) is 7.22. The van der Waals surface area contributed by atoms with E-state index in [1.807, 2.05) is 0 Å². The maximum absolute atomic E-state index is 14.5. The summed E-state index contributed by atoms with van der Waals surface area (Å²) >= 11 is 0. The van der Waals surface area contributed by atoms with Crippen molar-refractivity contribution in [2.45, 2.75) is 267 Å². The number of carboxylic acid groups (broad SMARTS) is 6. The normalized spacial score (nSPS) is 13.8. The van der Waals surface area contributed by atoms with Crippen molar-refractivity contribution in [3.8, 4) is 5.75 Å². The van der Waals surface area contributed by atoms with Gasteiger partial charge in [-0.1, -0.05) is 106 Å². The van der Waals surface area contributed by atoms with Crippen molar-refractivity contribution in [3.05, 3.63) is 149 Å². The Morgan fingerprint density at radius 2 is 0.647 bits per heavy atom. The number of unbranched alkanes of at least 4 members (excludes halogenated alkanes) is 2. The van der Waals surface area contributed by atoms with Crippen LogP contribution in [-0.2, 0) is 131 Å². The molecule has 150 heavy (non-hydrogen) atoms. The van der Waals surface area contributed by atoms with E-state index in [0.29, 0.717) is 28.1 Å². The minimum absolute atomic E-state index is 0.0301. The Morgan fingerprint density at radius 1 is 0.327 bits per heavy atom. The average molecular weight is 2100 g/mol. The number of hydrogen-bond acceptors (Lipinski definition) is 29. The van der Waals surface area contributed by atoms with Crippen molar-refractivity contribution in [1.82, 2.24) is 89.4 Å². The molecule has 0 bridgehead atoms. The number of aromatic nitrogens is 3. The molecular weight excluding hydrogens is 1970 g/mol. The van der Waals surface area contributed by atoms with Crippen molar-refractivity contribution in [1.29, 1.82) is 0 Å². The van der Waals surface area contributed by atoms with Gasteiger partial charge in [-0.25, -0.2) is 4.68 Å². The molecule has 0 saturated carbocycles.